The van der Waals surface area contributed by atoms with Gasteiger partial charge in [0.25, 0.3) is 0 Å². The first-order chi connectivity index (χ1) is 20.3. The maximum Gasteiger partial charge on any atom is 0.323 e. The van der Waals surface area contributed by atoms with Gasteiger partial charge in [0.2, 0.25) is 0 Å². The Morgan fingerprint density at radius 1 is 0.952 bits per heavy atom. The van der Waals surface area contributed by atoms with Crippen molar-refractivity contribution in [3.63, 3.8) is 0 Å². The fourth-order valence-corrected chi connectivity index (χ4v) is 4.72. The van der Waals surface area contributed by atoms with E-state index in [2.05, 4.69) is 32.5 Å². The number of hydrogen-bond donors (Lipinski definition) is 2. The number of carbonyl (C=O) groups excluding carboxylic acids is 1. The Bertz CT molecular complexity index is 1580. The van der Waals surface area contributed by atoms with Crippen LogP contribution < -0.4 is 24.8 Å². The van der Waals surface area contributed by atoms with Crippen LogP contribution in [-0.2, 0) is 0 Å². The average molecular weight is 598 g/mol. The van der Waals surface area contributed by atoms with Crippen molar-refractivity contribution >= 4 is 39.9 Å². The zero-order valence-corrected chi connectivity index (χ0v) is 23.9. The van der Waals surface area contributed by atoms with Crippen LogP contribution in [0, 0.1) is 11.6 Å². The highest BCUT2D eigenvalue weighted by Crippen LogP contribution is 2.38. The lowest BCUT2D eigenvalue weighted by atomic mass is 10.1. The molecule has 0 aliphatic carbocycles. The van der Waals surface area contributed by atoms with Gasteiger partial charge < -0.3 is 29.7 Å². The molecule has 1 saturated heterocycles. The second kappa shape index (κ2) is 13.2. The number of benzene rings is 3. The van der Waals surface area contributed by atoms with E-state index < -0.39 is 17.7 Å². The first-order valence-corrected chi connectivity index (χ1v) is 13.7. The Morgan fingerprint density at radius 2 is 1.71 bits per heavy atom. The van der Waals surface area contributed by atoms with E-state index in [1.165, 1.54) is 6.07 Å². The van der Waals surface area contributed by atoms with Crippen LogP contribution in [0.4, 0.5) is 25.0 Å². The van der Waals surface area contributed by atoms with Crippen LogP contribution in [0.5, 0.6) is 23.0 Å². The Labute approximate surface area is 246 Å². The summed E-state index contributed by atoms with van der Waals surface area (Å²) >= 11 is 6.39. The van der Waals surface area contributed by atoms with Gasteiger partial charge in [-0.15, -0.1) is 0 Å². The summed E-state index contributed by atoms with van der Waals surface area (Å²) in [6, 6.07) is 12.2. The van der Waals surface area contributed by atoms with Gasteiger partial charge in [-0.1, -0.05) is 11.6 Å². The quantitative estimate of drug-likeness (QED) is 0.236. The lowest BCUT2D eigenvalue weighted by molar-refractivity contribution is 0.133. The molecule has 42 heavy (non-hydrogen) atoms. The summed E-state index contributed by atoms with van der Waals surface area (Å²) in [6.07, 6.45) is 1.63. The van der Waals surface area contributed by atoms with Gasteiger partial charge in [-0.25, -0.2) is 13.6 Å². The summed E-state index contributed by atoms with van der Waals surface area (Å²) in [6.45, 7) is 5.47. The molecule has 0 saturated carbocycles. The minimum Gasteiger partial charge on any atom is -0.493 e. The molecule has 1 aliphatic rings. The topological polar surface area (TPSA) is 88.2 Å². The molecule has 0 unspecified atom stereocenters. The van der Waals surface area contributed by atoms with Crippen molar-refractivity contribution in [1.29, 1.82) is 0 Å². The van der Waals surface area contributed by atoms with Crippen molar-refractivity contribution in [3.8, 4) is 23.0 Å². The number of piperazine rings is 1. The fraction of sp³-hybridized carbons (Fsp3) is 0.267. The summed E-state index contributed by atoms with van der Waals surface area (Å²) in [5.74, 6) is 0.438. The Kier molecular flexibility index (Phi) is 9.21. The number of methoxy groups -OCH3 is 1. The number of halogens is 3. The lowest BCUT2D eigenvalue weighted by Crippen LogP contribution is -2.45. The van der Waals surface area contributed by atoms with E-state index in [-0.39, 0.29) is 16.4 Å². The standard InChI is InChI=1S/C30H30ClF2N5O4/c1-37-9-11-38(12-10-37)13-14-41-29-18-26-21(17-28(29)40-2)27(7-8-34-26)42-20-4-6-24(22(31)16-20)35-30(39)36-25-5-3-19(32)15-23(25)33/h3-8,15-18H,9-14H2,1-2H3,(H2,35,36,39). The Hall–Kier alpha value is -4.19. The second-order valence-corrected chi connectivity index (χ2v) is 10.2. The Morgan fingerprint density at radius 3 is 2.45 bits per heavy atom. The number of nitrogens with one attached hydrogen (secondary N) is 2. The molecule has 12 heteroatoms. The molecule has 0 spiro atoms. The number of hydrogen-bond acceptors (Lipinski definition) is 7. The summed E-state index contributed by atoms with van der Waals surface area (Å²) in [5.41, 5.74) is 0.759. The van der Waals surface area contributed by atoms with Crippen LogP contribution in [0.15, 0.2) is 60.8 Å². The third kappa shape index (κ3) is 7.17. The van der Waals surface area contributed by atoms with E-state index in [9.17, 15) is 13.6 Å². The number of rotatable bonds is 9. The molecule has 9 nitrogen and oxygen atoms in total. The van der Waals surface area contributed by atoms with Crippen LogP contribution in [0.3, 0.4) is 0 Å². The molecule has 1 fully saturated rings. The molecule has 4 aromatic rings. The number of carbonyl (C=O) groups is 1. The smallest absolute Gasteiger partial charge is 0.323 e. The van der Waals surface area contributed by atoms with E-state index in [4.69, 9.17) is 25.8 Å². The minimum absolute atomic E-state index is 0.173. The monoisotopic (exact) mass is 597 g/mol. The normalized spacial score (nSPS) is 14.0. The molecule has 1 aromatic heterocycles. The minimum atomic E-state index is -0.898. The van der Waals surface area contributed by atoms with E-state index in [1.807, 2.05) is 12.1 Å². The largest absolute Gasteiger partial charge is 0.493 e. The van der Waals surface area contributed by atoms with Crippen LogP contribution in [-0.4, -0.2) is 74.3 Å². The number of anilines is 2. The first kappa shape index (κ1) is 29.3. The summed E-state index contributed by atoms with van der Waals surface area (Å²) < 4.78 is 44.8. The van der Waals surface area contributed by atoms with Gasteiger partial charge in [0.1, 0.15) is 29.7 Å². The molecular formula is C30H30ClF2N5O4. The number of amides is 2. The van der Waals surface area contributed by atoms with Gasteiger partial charge >= 0.3 is 6.03 Å². The summed E-state index contributed by atoms with van der Waals surface area (Å²) in [5, 5.41) is 5.75. The summed E-state index contributed by atoms with van der Waals surface area (Å²) in [4.78, 5) is 21.5. The molecule has 0 radical (unpaired) electrons. The second-order valence-electron chi connectivity index (χ2n) is 9.77. The summed E-state index contributed by atoms with van der Waals surface area (Å²) in [7, 11) is 3.71. The highest BCUT2D eigenvalue weighted by Gasteiger charge is 2.16. The molecule has 220 valence electrons. The van der Waals surface area contributed by atoms with Crippen molar-refractivity contribution in [2.75, 3.05) is 64.1 Å². The van der Waals surface area contributed by atoms with Crippen molar-refractivity contribution in [3.05, 3.63) is 77.5 Å². The number of urea groups is 1. The van der Waals surface area contributed by atoms with Crippen molar-refractivity contribution < 1.29 is 27.8 Å². The van der Waals surface area contributed by atoms with Crippen molar-refractivity contribution in [1.82, 2.24) is 14.8 Å². The molecule has 1 aliphatic heterocycles. The highest BCUT2D eigenvalue weighted by molar-refractivity contribution is 6.34. The third-order valence-corrected chi connectivity index (χ3v) is 7.16. The van der Waals surface area contributed by atoms with Crippen LogP contribution in [0.2, 0.25) is 5.02 Å². The number of nitrogens with zero attached hydrogens (tertiary/aromatic N) is 3. The number of aromatic nitrogens is 1. The van der Waals surface area contributed by atoms with E-state index >= 15 is 0 Å². The van der Waals surface area contributed by atoms with Gasteiger partial charge in [0, 0.05) is 62.5 Å². The van der Waals surface area contributed by atoms with Crippen molar-refractivity contribution in [2.24, 2.45) is 0 Å². The van der Waals surface area contributed by atoms with Gasteiger partial charge in [0.05, 0.1) is 29.0 Å². The van der Waals surface area contributed by atoms with Gasteiger partial charge in [-0.2, -0.15) is 0 Å². The number of fused-ring (bicyclic) bond motifs is 1. The SMILES string of the molecule is COc1cc2c(Oc3ccc(NC(=O)Nc4ccc(F)cc4F)c(Cl)c3)ccnc2cc1OCCN1CCN(C)CC1. The van der Waals surface area contributed by atoms with Crippen molar-refractivity contribution in [2.45, 2.75) is 0 Å². The lowest BCUT2D eigenvalue weighted by Gasteiger charge is -2.32. The highest BCUT2D eigenvalue weighted by atomic mass is 35.5. The number of ether oxygens (including phenoxy) is 3. The molecule has 0 atom stereocenters. The molecule has 3 aromatic carbocycles. The van der Waals surface area contributed by atoms with E-state index in [0.29, 0.717) is 46.6 Å². The zero-order valence-electron chi connectivity index (χ0n) is 23.1. The molecule has 2 amide bonds. The van der Waals surface area contributed by atoms with Gasteiger partial charge in [-0.3, -0.25) is 9.88 Å². The maximum absolute atomic E-state index is 13.9. The number of pyridine rings is 1. The molecule has 2 heterocycles. The molecule has 0 bridgehead atoms. The van der Waals surface area contributed by atoms with Crippen LogP contribution >= 0.6 is 11.6 Å². The van der Waals surface area contributed by atoms with E-state index in [1.54, 1.807) is 31.5 Å². The third-order valence-electron chi connectivity index (χ3n) is 6.84. The fourth-order valence-electron chi connectivity index (χ4n) is 4.50. The first-order valence-electron chi connectivity index (χ1n) is 13.3. The van der Waals surface area contributed by atoms with E-state index in [0.717, 1.165) is 44.9 Å². The molecule has 2 N–H and O–H groups in total. The predicted molar refractivity (Wildman–Crippen MR) is 158 cm³/mol. The molecule has 5 rings (SSSR count). The number of likely N-dealkylation sites (N-methyl/N-ethyl adjacent to an activating group) is 1. The maximum atomic E-state index is 13.9. The Balaban J connectivity index is 1.25. The average Bonchev–Trinajstić information content (AvgIpc) is 2.97. The predicted octanol–water partition coefficient (Wildman–Crippen LogP) is 6.24. The zero-order chi connectivity index (χ0) is 29.6. The molecular weight excluding hydrogens is 568 g/mol. The van der Waals surface area contributed by atoms with Gasteiger partial charge in [0.15, 0.2) is 11.5 Å². The van der Waals surface area contributed by atoms with Crippen LogP contribution in [0.1, 0.15) is 0 Å². The van der Waals surface area contributed by atoms with Gasteiger partial charge in [-0.05, 0) is 43.4 Å². The van der Waals surface area contributed by atoms with Crippen LogP contribution in [0.25, 0.3) is 10.9 Å².